The third-order valence-corrected chi connectivity index (χ3v) is 2.53. The van der Waals surface area contributed by atoms with E-state index in [1.807, 2.05) is 0 Å². The molecule has 2 rings (SSSR count). The first kappa shape index (κ1) is 14.7. The number of benzene rings is 1. The molecule has 3 N–H and O–H groups in total. The molecule has 0 saturated carbocycles. The first-order valence-corrected chi connectivity index (χ1v) is 5.71. The van der Waals surface area contributed by atoms with E-state index >= 15 is 0 Å². The quantitative estimate of drug-likeness (QED) is 0.910. The molecule has 0 spiro atoms. The summed E-state index contributed by atoms with van der Waals surface area (Å²) in [6.45, 7) is 0. The topological polar surface area (TPSA) is 82.2 Å². The van der Waals surface area contributed by atoms with Gasteiger partial charge in [-0.25, -0.2) is 0 Å². The number of nitrogens with one attached hydrogen (secondary N) is 1. The predicted molar refractivity (Wildman–Crippen MR) is 68.7 cm³/mol. The van der Waals surface area contributed by atoms with Crippen LogP contribution in [-0.2, 0) is 7.05 Å². The van der Waals surface area contributed by atoms with Crippen molar-refractivity contribution < 1.29 is 22.7 Å². The number of aromatic nitrogens is 2. The van der Waals surface area contributed by atoms with Crippen LogP contribution >= 0.6 is 0 Å². The lowest BCUT2D eigenvalue weighted by atomic mass is 10.3. The van der Waals surface area contributed by atoms with Gasteiger partial charge in [-0.3, -0.25) is 9.48 Å². The third kappa shape index (κ3) is 3.65. The summed E-state index contributed by atoms with van der Waals surface area (Å²) in [4.78, 5) is 12.0. The highest BCUT2D eigenvalue weighted by Gasteiger charge is 2.31. The van der Waals surface area contributed by atoms with Crippen molar-refractivity contribution in [1.82, 2.24) is 9.78 Å². The fourth-order valence-electron chi connectivity index (χ4n) is 1.66. The Bertz CT molecular complexity index is 630. The van der Waals surface area contributed by atoms with E-state index in [1.165, 1.54) is 23.0 Å². The smallest absolute Gasteiger partial charge is 0.406 e. The van der Waals surface area contributed by atoms with Gasteiger partial charge in [-0.05, 0) is 24.3 Å². The minimum atomic E-state index is -4.76. The van der Waals surface area contributed by atoms with Crippen molar-refractivity contribution in [3.63, 3.8) is 0 Å². The van der Waals surface area contributed by atoms with Gasteiger partial charge in [-0.15, -0.1) is 13.2 Å². The SMILES string of the molecule is Cn1ncc(N)c1C(=O)Nc1ccc(OC(F)(F)F)cc1. The molecule has 21 heavy (non-hydrogen) atoms. The highest BCUT2D eigenvalue weighted by atomic mass is 19.4. The van der Waals surface area contributed by atoms with E-state index in [-0.39, 0.29) is 17.1 Å². The van der Waals surface area contributed by atoms with Gasteiger partial charge in [-0.2, -0.15) is 5.10 Å². The summed E-state index contributed by atoms with van der Waals surface area (Å²) in [5, 5.41) is 6.32. The number of carbonyl (C=O) groups excluding carboxylic acids is 1. The number of rotatable bonds is 3. The largest absolute Gasteiger partial charge is 0.573 e. The molecule has 0 aliphatic heterocycles. The van der Waals surface area contributed by atoms with Gasteiger partial charge in [0.2, 0.25) is 0 Å². The third-order valence-electron chi connectivity index (χ3n) is 2.53. The minimum absolute atomic E-state index is 0.158. The molecule has 1 amide bonds. The highest BCUT2D eigenvalue weighted by Crippen LogP contribution is 2.24. The van der Waals surface area contributed by atoms with Gasteiger partial charge in [-0.1, -0.05) is 0 Å². The Kier molecular flexibility index (Phi) is 3.74. The molecule has 1 aromatic carbocycles. The fraction of sp³-hybridized carbons (Fsp3) is 0.167. The van der Waals surface area contributed by atoms with Gasteiger partial charge >= 0.3 is 6.36 Å². The molecule has 0 aliphatic carbocycles. The summed E-state index contributed by atoms with van der Waals surface area (Å²) in [6.07, 6.45) is -3.43. The Morgan fingerprint density at radius 3 is 2.43 bits per heavy atom. The van der Waals surface area contributed by atoms with Crippen LogP contribution in [0.15, 0.2) is 30.5 Å². The van der Waals surface area contributed by atoms with Gasteiger partial charge < -0.3 is 15.8 Å². The number of alkyl halides is 3. The molecular weight excluding hydrogens is 289 g/mol. The summed E-state index contributed by atoms with van der Waals surface area (Å²) in [7, 11) is 1.55. The second-order valence-corrected chi connectivity index (χ2v) is 4.10. The van der Waals surface area contributed by atoms with Gasteiger partial charge in [0.05, 0.1) is 11.9 Å². The van der Waals surface area contributed by atoms with Crippen molar-refractivity contribution in [2.75, 3.05) is 11.1 Å². The van der Waals surface area contributed by atoms with Crippen LogP contribution in [0.2, 0.25) is 0 Å². The molecule has 0 unspecified atom stereocenters. The van der Waals surface area contributed by atoms with Crippen LogP contribution in [0.1, 0.15) is 10.5 Å². The summed E-state index contributed by atoms with van der Waals surface area (Å²) in [6, 6.07) is 4.75. The number of aryl methyl sites for hydroxylation is 1. The number of halogens is 3. The fourth-order valence-corrected chi connectivity index (χ4v) is 1.66. The number of hydrogen-bond acceptors (Lipinski definition) is 4. The first-order valence-electron chi connectivity index (χ1n) is 5.71. The molecule has 6 nitrogen and oxygen atoms in total. The van der Waals surface area contributed by atoms with E-state index in [0.717, 1.165) is 12.1 Å². The number of nitrogens with two attached hydrogens (primary N) is 1. The van der Waals surface area contributed by atoms with Crippen molar-refractivity contribution in [2.24, 2.45) is 7.05 Å². The van der Waals surface area contributed by atoms with Crippen molar-refractivity contribution in [2.45, 2.75) is 6.36 Å². The van der Waals surface area contributed by atoms with Crippen molar-refractivity contribution >= 4 is 17.3 Å². The highest BCUT2D eigenvalue weighted by molar-refractivity contribution is 6.06. The zero-order valence-electron chi connectivity index (χ0n) is 10.8. The Hall–Kier alpha value is -2.71. The Labute approximate surface area is 117 Å². The maximum Gasteiger partial charge on any atom is 0.573 e. The molecule has 0 fully saturated rings. The standard InChI is InChI=1S/C12H11F3N4O2/c1-19-10(9(16)6-17-19)11(20)18-7-2-4-8(5-3-7)21-12(13,14)15/h2-6H,16H2,1H3,(H,18,20). The lowest BCUT2D eigenvalue weighted by Gasteiger charge is -2.10. The van der Waals surface area contributed by atoms with E-state index < -0.39 is 12.3 Å². The van der Waals surface area contributed by atoms with Crippen LogP contribution in [0, 0.1) is 0 Å². The summed E-state index contributed by atoms with van der Waals surface area (Å²) >= 11 is 0. The number of anilines is 2. The van der Waals surface area contributed by atoms with Crippen LogP contribution in [0.5, 0.6) is 5.75 Å². The average Bonchev–Trinajstić information content (AvgIpc) is 2.70. The van der Waals surface area contributed by atoms with Gasteiger partial charge in [0.1, 0.15) is 11.4 Å². The maximum absolute atomic E-state index is 12.0. The predicted octanol–water partition coefficient (Wildman–Crippen LogP) is 2.15. The van der Waals surface area contributed by atoms with Crippen molar-refractivity contribution in [1.29, 1.82) is 0 Å². The Balaban J connectivity index is 2.09. The van der Waals surface area contributed by atoms with E-state index in [4.69, 9.17) is 5.73 Å². The average molecular weight is 300 g/mol. The first-order chi connectivity index (χ1) is 9.76. The van der Waals surface area contributed by atoms with Gasteiger partial charge in [0.25, 0.3) is 5.91 Å². The lowest BCUT2D eigenvalue weighted by Crippen LogP contribution is -2.18. The lowest BCUT2D eigenvalue weighted by molar-refractivity contribution is -0.274. The van der Waals surface area contributed by atoms with E-state index in [1.54, 1.807) is 7.05 Å². The molecule has 0 atom stereocenters. The molecule has 112 valence electrons. The van der Waals surface area contributed by atoms with Gasteiger partial charge in [0, 0.05) is 12.7 Å². The van der Waals surface area contributed by atoms with Crippen molar-refractivity contribution in [3.8, 4) is 5.75 Å². The number of amides is 1. The van der Waals surface area contributed by atoms with E-state index in [0.29, 0.717) is 5.69 Å². The number of carbonyl (C=O) groups is 1. The van der Waals surface area contributed by atoms with Crippen LogP contribution in [-0.4, -0.2) is 22.1 Å². The molecular formula is C12H11F3N4O2. The van der Waals surface area contributed by atoms with Crippen LogP contribution in [0.25, 0.3) is 0 Å². The molecule has 2 aromatic rings. The molecule has 1 heterocycles. The molecule has 0 radical (unpaired) electrons. The van der Waals surface area contributed by atoms with E-state index in [2.05, 4.69) is 15.2 Å². The summed E-state index contributed by atoms with van der Waals surface area (Å²) in [5.41, 5.74) is 6.26. The second-order valence-electron chi connectivity index (χ2n) is 4.10. The number of nitrogen functional groups attached to an aromatic ring is 1. The number of ether oxygens (including phenoxy) is 1. The molecule has 0 aliphatic rings. The second kappa shape index (κ2) is 5.35. The van der Waals surface area contributed by atoms with Crippen LogP contribution in [0.4, 0.5) is 24.5 Å². The monoisotopic (exact) mass is 300 g/mol. The van der Waals surface area contributed by atoms with Crippen molar-refractivity contribution in [3.05, 3.63) is 36.2 Å². The normalized spacial score (nSPS) is 11.2. The van der Waals surface area contributed by atoms with E-state index in [9.17, 15) is 18.0 Å². The Morgan fingerprint density at radius 2 is 1.95 bits per heavy atom. The molecule has 9 heteroatoms. The van der Waals surface area contributed by atoms with Crippen LogP contribution in [0.3, 0.4) is 0 Å². The molecule has 0 bridgehead atoms. The maximum atomic E-state index is 12.0. The molecule has 0 saturated heterocycles. The number of hydrogen-bond donors (Lipinski definition) is 2. The van der Waals surface area contributed by atoms with Gasteiger partial charge in [0.15, 0.2) is 0 Å². The summed E-state index contributed by atoms with van der Waals surface area (Å²) in [5.74, 6) is -0.891. The zero-order chi connectivity index (χ0) is 15.6. The van der Waals surface area contributed by atoms with Crippen LogP contribution < -0.4 is 15.8 Å². The number of nitrogens with zero attached hydrogens (tertiary/aromatic N) is 2. The molecule has 1 aromatic heterocycles. The summed E-state index contributed by atoms with van der Waals surface area (Å²) < 4.78 is 41.1. The Morgan fingerprint density at radius 1 is 1.33 bits per heavy atom. The zero-order valence-corrected chi connectivity index (χ0v) is 10.8. The minimum Gasteiger partial charge on any atom is -0.406 e.